The fourth-order valence-electron chi connectivity index (χ4n) is 2.93. The van der Waals surface area contributed by atoms with Gasteiger partial charge in [-0.3, -0.25) is 4.90 Å². The number of aromatic hydroxyl groups is 1. The molecule has 2 heterocycles. The van der Waals surface area contributed by atoms with Gasteiger partial charge in [-0.25, -0.2) is 13.8 Å². The average Bonchev–Trinajstić information content (AvgIpc) is 3.44. The number of phenols is 1. The number of nitrogens with zero attached hydrogens (tertiary/aromatic N) is 2. The highest BCUT2D eigenvalue weighted by molar-refractivity contribution is 5.91. The lowest BCUT2D eigenvalue weighted by Gasteiger charge is -2.33. The topological polar surface area (TPSA) is 47.9 Å². The second-order valence-corrected chi connectivity index (χ2v) is 6.46. The predicted octanol–water partition coefficient (Wildman–Crippen LogP) is 3.82. The number of rotatable bonds is 2. The van der Waals surface area contributed by atoms with Gasteiger partial charge in [-0.2, -0.15) is 13.2 Å². The molecular weight excluding hydrogens is 369 g/mol. The lowest BCUT2D eigenvalue weighted by atomic mass is 9.97. The Morgan fingerprint density at radius 1 is 1.19 bits per heavy atom. The minimum Gasteiger partial charge on any atom is -0.503 e. The van der Waals surface area contributed by atoms with E-state index in [4.69, 9.17) is 0 Å². The minimum atomic E-state index is -4.58. The minimum absolute atomic E-state index is 0.0767. The Morgan fingerprint density at radius 3 is 2.59 bits per heavy atom. The molecule has 27 heavy (non-hydrogen) atoms. The van der Waals surface area contributed by atoms with Crippen LogP contribution in [0.3, 0.4) is 0 Å². The molecule has 142 valence electrons. The van der Waals surface area contributed by atoms with Crippen molar-refractivity contribution in [2.45, 2.75) is 25.1 Å². The summed E-state index contributed by atoms with van der Waals surface area (Å²) < 4.78 is 67.3. The summed E-state index contributed by atoms with van der Waals surface area (Å²) in [6, 6.07) is 2.15. The molecule has 1 aliphatic carbocycles. The lowest BCUT2D eigenvalue weighted by molar-refractivity contribution is -0.0885. The van der Waals surface area contributed by atoms with Crippen LogP contribution in [-0.2, 0) is 0 Å². The van der Waals surface area contributed by atoms with Crippen molar-refractivity contribution in [2.24, 2.45) is 4.99 Å². The van der Waals surface area contributed by atoms with Crippen molar-refractivity contribution in [1.29, 1.82) is 0 Å². The molecule has 1 aromatic carbocycles. The Morgan fingerprint density at radius 2 is 1.93 bits per heavy atom. The summed E-state index contributed by atoms with van der Waals surface area (Å²) in [6.07, 6.45) is 0.322. The van der Waals surface area contributed by atoms with Gasteiger partial charge < -0.3 is 10.4 Å². The van der Waals surface area contributed by atoms with Crippen molar-refractivity contribution in [3.05, 3.63) is 59.0 Å². The van der Waals surface area contributed by atoms with Crippen LogP contribution in [0.2, 0.25) is 0 Å². The van der Waals surface area contributed by atoms with Crippen LogP contribution in [0.1, 0.15) is 18.4 Å². The molecule has 0 radical (unpaired) electrons. The highest BCUT2D eigenvalue weighted by Gasteiger charge is 2.37. The number of alkyl halides is 3. The first kappa shape index (κ1) is 17.6. The quantitative estimate of drug-likeness (QED) is 0.764. The number of fused-ring (bicyclic) bond motifs is 1. The number of halogens is 5. The summed E-state index contributed by atoms with van der Waals surface area (Å²) in [5.74, 6) is -3.19. The molecule has 9 heteroatoms. The van der Waals surface area contributed by atoms with Gasteiger partial charge in [-0.15, -0.1) is 0 Å². The van der Waals surface area contributed by atoms with Gasteiger partial charge in [0, 0.05) is 23.4 Å². The Kier molecular flexibility index (Phi) is 3.97. The van der Waals surface area contributed by atoms with E-state index >= 15 is 0 Å². The van der Waals surface area contributed by atoms with Crippen molar-refractivity contribution in [3.8, 4) is 5.75 Å². The Labute approximate surface area is 151 Å². The second kappa shape index (κ2) is 6.11. The van der Waals surface area contributed by atoms with E-state index in [-0.39, 0.29) is 29.4 Å². The fraction of sp³-hybridized carbons (Fsp3) is 0.278. The maximum Gasteiger partial charge on any atom is 0.416 e. The van der Waals surface area contributed by atoms with Gasteiger partial charge in [0.1, 0.15) is 0 Å². The highest BCUT2D eigenvalue weighted by Crippen LogP contribution is 2.38. The molecule has 2 N–H and O–H groups in total. The van der Waals surface area contributed by atoms with Crippen molar-refractivity contribution in [1.82, 2.24) is 10.2 Å². The maximum absolute atomic E-state index is 14.4. The van der Waals surface area contributed by atoms with Crippen molar-refractivity contribution < 1.29 is 27.1 Å². The van der Waals surface area contributed by atoms with Crippen molar-refractivity contribution >= 4 is 11.5 Å². The molecule has 1 saturated carbocycles. The first-order valence-corrected chi connectivity index (χ1v) is 8.23. The van der Waals surface area contributed by atoms with Gasteiger partial charge in [-0.05, 0) is 37.1 Å². The van der Waals surface area contributed by atoms with E-state index in [0.717, 1.165) is 37.1 Å². The van der Waals surface area contributed by atoms with Crippen LogP contribution in [0.25, 0.3) is 5.57 Å². The molecular formula is C18H14F5N3O. The largest absolute Gasteiger partial charge is 0.503 e. The predicted molar refractivity (Wildman–Crippen MR) is 88.5 cm³/mol. The van der Waals surface area contributed by atoms with Crippen molar-refractivity contribution in [3.63, 3.8) is 0 Å². The normalized spacial score (nSPS) is 19.7. The number of hydrogen-bond donors (Lipinski definition) is 2. The molecule has 0 spiro atoms. The fourth-order valence-corrected chi connectivity index (χ4v) is 2.93. The number of guanidine groups is 1. The van der Waals surface area contributed by atoms with Crippen LogP contribution < -0.4 is 5.32 Å². The van der Waals surface area contributed by atoms with Gasteiger partial charge >= 0.3 is 6.18 Å². The van der Waals surface area contributed by atoms with Crippen LogP contribution in [0, 0.1) is 11.6 Å². The van der Waals surface area contributed by atoms with E-state index in [2.05, 4.69) is 10.3 Å². The third-order valence-electron chi connectivity index (χ3n) is 4.51. The van der Waals surface area contributed by atoms with E-state index in [0.29, 0.717) is 5.96 Å². The molecule has 0 bridgehead atoms. The Balaban J connectivity index is 1.83. The van der Waals surface area contributed by atoms with E-state index in [1.54, 1.807) is 0 Å². The molecule has 0 aromatic heterocycles. The number of phenolic OH excluding ortho intramolecular Hbond substituents is 1. The maximum atomic E-state index is 14.4. The van der Waals surface area contributed by atoms with Gasteiger partial charge in [0.25, 0.3) is 0 Å². The zero-order valence-corrected chi connectivity index (χ0v) is 13.8. The summed E-state index contributed by atoms with van der Waals surface area (Å²) in [5.41, 5.74) is -0.898. The zero-order valence-electron chi connectivity index (χ0n) is 13.8. The second-order valence-electron chi connectivity index (χ2n) is 6.46. The summed E-state index contributed by atoms with van der Waals surface area (Å²) in [6.45, 7) is -0.113. The molecule has 0 unspecified atom stereocenters. The third-order valence-corrected chi connectivity index (χ3v) is 4.51. The number of benzene rings is 1. The Bertz CT molecular complexity index is 926. The average molecular weight is 383 g/mol. The molecule has 1 fully saturated rings. The highest BCUT2D eigenvalue weighted by atomic mass is 19.4. The lowest BCUT2D eigenvalue weighted by Crippen LogP contribution is -2.42. The third kappa shape index (κ3) is 3.17. The van der Waals surface area contributed by atoms with Crippen molar-refractivity contribution in [2.75, 3.05) is 6.54 Å². The van der Waals surface area contributed by atoms with E-state index < -0.39 is 29.1 Å². The SMILES string of the molecule is Oc1c(F)ccc(C2=C3C=C(C(F)(F)F)C=CN3C(NC3CC3)=NC2)c1F. The van der Waals surface area contributed by atoms with Crippen LogP contribution in [0.15, 0.2) is 46.7 Å². The summed E-state index contributed by atoms with van der Waals surface area (Å²) in [7, 11) is 0. The Hall–Kier alpha value is -2.84. The van der Waals surface area contributed by atoms with Crippen LogP contribution in [-0.4, -0.2) is 34.7 Å². The standard InChI is InChI=1S/C18H14F5N3O/c19-13-4-3-11(15(20)16(13)27)12-8-24-17(25-10-1-2-10)26-6-5-9(7-14(12)26)18(21,22)23/h3-7,10,27H,1-2,8H2,(H,24,25). The van der Waals surface area contributed by atoms with Gasteiger partial charge in [0.05, 0.1) is 17.8 Å². The van der Waals surface area contributed by atoms with Crippen LogP contribution >= 0.6 is 0 Å². The molecule has 2 aliphatic heterocycles. The molecule has 3 aliphatic rings. The summed E-state index contributed by atoms with van der Waals surface area (Å²) in [4.78, 5) is 5.71. The molecule has 4 rings (SSSR count). The first-order chi connectivity index (χ1) is 12.8. The molecule has 1 aromatic rings. The van der Waals surface area contributed by atoms with Crippen LogP contribution in [0.5, 0.6) is 5.75 Å². The summed E-state index contributed by atoms with van der Waals surface area (Å²) >= 11 is 0. The molecule has 0 amide bonds. The molecule has 0 saturated heterocycles. The zero-order chi connectivity index (χ0) is 19.3. The monoisotopic (exact) mass is 383 g/mol. The molecule has 0 atom stereocenters. The van der Waals surface area contributed by atoms with E-state index in [9.17, 15) is 27.1 Å². The summed E-state index contributed by atoms with van der Waals surface area (Å²) in [5, 5.41) is 12.7. The number of nitrogens with one attached hydrogen (secondary N) is 1. The number of hydrogen-bond acceptors (Lipinski definition) is 4. The van der Waals surface area contributed by atoms with Crippen LogP contribution in [0.4, 0.5) is 22.0 Å². The van der Waals surface area contributed by atoms with E-state index in [1.807, 2.05) is 0 Å². The smallest absolute Gasteiger partial charge is 0.416 e. The van der Waals surface area contributed by atoms with Gasteiger partial charge in [0.15, 0.2) is 17.4 Å². The number of allylic oxidation sites excluding steroid dienone is 3. The molecule has 4 nitrogen and oxygen atoms in total. The first-order valence-electron chi connectivity index (χ1n) is 8.23. The number of aliphatic imine (C=N–C) groups is 1. The van der Waals surface area contributed by atoms with E-state index in [1.165, 1.54) is 11.1 Å². The van der Waals surface area contributed by atoms with Gasteiger partial charge in [-0.1, -0.05) is 0 Å². The van der Waals surface area contributed by atoms with Gasteiger partial charge in [0.2, 0.25) is 5.96 Å².